The van der Waals surface area contributed by atoms with E-state index in [0.717, 1.165) is 26.2 Å². The summed E-state index contributed by atoms with van der Waals surface area (Å²) < 4.78 is 0. The molecule has 1 aliphatic rings. The van der Waals surface area contributed by atoms with Crippen molar-refractivity contribution in [2.24, 2.45) is 0 Å². The van der Waals surface area contributed by atoms with Gasteiger partial charge in [-0.25, -0.2) is 0 Å². The molecule has 1 aliphatic heterocycles. The molecule has 0 unspecified atom stereocenters. The van der Waals surface area contributed by atoms with Crippen LogP contribution in [-0.4, -0.2) is 73.8 Å². The first-order valence-corrected chi connectivity index (χ1v) is 4.75. The van der Waals surface area contributed by atoms with Gasteiger partial charge >= 0.3 is 0 Å². The van der Waals surface area contributed by atoms with Crippen molar-refractivity contribution in [2.45, 2.75) is 0 Å². The smallest absolute Gasteiger partial charge is 0.242 e. The molecule has 1 rings (SSSR count). The van der Waals surface area contributed by atoms with E-state index < -0.39 is 0 Å². The van der Waals surface area contributed by atoms with E-state index in [1.165, 1.54) is 4.90 Å². The second-order valence-corrected chi connectivity index (χ2v) is 3.70. The molecule has 0 aromatic rings. The lowest BCUT2D eigenvalue weighted by Crippen LogP contribution is -2.49. The molecule has 0 aromatic carbocycles. The highest BCUT2D eigenvalue weighted by molar-refractivity contribution is 5.80. The van der Waals surface area contributed by atoms with Crippen LogP contribution in [0.4, 0.5) is 0 Å². The number of amides is 2. The van der Waals surface area contributed by atoms with Crippen LogP contribution in [0.25, 0.3) is 0 Å². The lowest BCUT2D eigenvalue weighted by atomic mass is 10.3. The van der Waals surface area contributed by atoms with Crippen LogP contribution >= 0.6 is 0 Å². The van der Waals surface area contributed by atoms with Crippen LogP contribution in [0.3, 0.4) is 0 Å². The van der Waals surface area contributed by atoms with Gasteiger partial charge in [-0.2, -0.15) is 0 Å². The molecule has 14 heavy (non-hydrogen) atoms. The van der Waals surface area contributed by atoms with Crippen molar-refractivity contribution in [1.82, 2.24) is 14.7 Å². The van der Waals surface area contributed by atoms with Crippen molar-refractivity contribution < 1.29 is 9.59 Å². The fourth-order valence-corrected chi connectivity index (χ4v) is 1.41. The Bertz CT molecular complexity index is 212. The van der Waals surface area contributed by atoms with E-state index >= 15 is 0 Å². The summed E-state index contributed by atoms with van der Waals surface area (Å²) >= 11 is 0. The van der Waals surface area contributed by atoms with E-state index in [4.69, 9.17) is 0 Å². The lowest BCUT2D eigenvalue weighted by molar-refractivity contribution is -0.136. The van der Waals surface area contributed by atoms with Crippen molar-refractivity contribution in [3.63, 3.8) is 0 Å². The summed E-state index contributed by atoms with van der Waals surface area (Å²) in [6.07, 6.45) is 0.675. The molecule has 1 heterocycles. The number of hydrogen-bond acceptors (Lipinski definition) is 3. The summed E-state index contributed by atoms with van der Waals surface area (Å²) in [4.78, 5) is 27.3. The van der Waals surface area contributed by atoms with Gasteiger partial charge in [0.25, 0.3) is 0 Å². The molecule has 5 nitrogen and oxygen atoms in total. The third-order valence-corrected chi connectivity index (χ3v) is 2.42. The fourth-order valence-electron chi connectivity index (χ4n) is 1.41. The number of carbonyl (C=O) groups excluding carboxylic acids is 2. The highest BCUT2D eigenvalue weighted by Gasteiger charge is 2.19. The predicted molar refractivity (Wildman–Crippen MR) is 52.8 cm³/mol. The Kier molecular flexibility index (Phi) is 3.88. The van der Waals surface area contributed by atoms with E-state index in [9.17, 15) is 9.59 Å². The Labute approximate surface area is 84.3 Å². The summed E-state index contributed by atoms with van der Waals surface area (Å²) in [7, 11) is 3.65. The van der Waals surface area contributed by atoms with E-state index in [1.54, 1.807) is 11.9 Å². The SMILES string of the molecule is CN(C=O)CC(=O)N1CCN(C)CC1. The van der Waals surface area contributed by atoms with Gasteiger partial charge in [-0.3, -0.25) is 9.59 Å². The lowest BCUT2D eigenvalue weighted by Gasteiger charge is -2.33. The highest BCUT2D eigenvalue weighted by Crippen LogP contribution is 1.99. The molecular formula is C9H17N3O2. The van der Waals surface area contributed by atoms with Gasteiger partial charge in [-0.05, 0) is 7.05 Å². The molecular weight excluding hydrogens is 182 g/mol. The maximum absolute atomic E-state index is 11.6. The van der Waals surface area contributed by atoms with Gasteiger partial charge < -0.3 is 14.7 Å². The number of carbonyl (C=O) groups is 2. The number of hydrogen-bond donors (Lipinski definition) is 0. The summed E-state index contributed by atoms with van der Waals surface area (Å²) in [5.74, 6) is 0.0349. The third kappa shape index (κ3) is 2.99. The van der Waals surface area contributed by atoms with Gasteiger partial charge in [0.1, 0.15) is 0 Å². The van der Waals surface area contributed by atoms with E-state index in [-0.39, 0.29) is 12.5 Å². The zero-order valence-corrected chi connectivity index (χ0v) is 8.77. The number of nitrogens with zero attached hydrogens (tertiary/aromatic N) is 3. The fraction of sp³-hybridized carbons (Fsp3) is 0.778. The highest BCUT2D eigenvalue weighted by atomic mass is 16.2. The van der Waals surface area contributed by atoms with Gasteiger partial charge in [-0.15, -0.1) is 0 Å². The van der Waals surface area contributed by atoms with Crippen LogP contribution in [-0.2, 0) is 9.59 Å². The summed E-state index contributed by atoms with van der Waals surface area (Å²) in [6, 6.07) is 0. The van der Waals surface area contributed by atoms with Crippen LogP contribution in [0.5, 0.6) is 0 Å². The van der Waals surface area contributed by atoms with Gasteiger partial charge in [0, 0.05) is 33.2 Å². The minimum absolute atomic E-state index is 0.0349. The van der Waals surface area contributed by atoms with Crippen molar-refractivity contribution in [1.29, 1.82) is 0 Å². The molecule has 1 fully saturated rings. The van der Waals surface area contributed by atoms with E-state index in [1.807, 2.05) is 7.05 Å². The van der Waals surface area contributed by atoms with Gasteiger partial charge in [0.15, 0.2) is 0 Å². The molecule has 0 aliphatic carbocycles. The number of rotatable bonds is 3. The molecule has 0 atom stereocenters. The largest absolute Gasteiger partial charge is 0.339 e. The second-order valence-electron chi connectivity index (χ2n) is 3.70. The zero-order chi connectivity index (χ0) is 10.6. The number of piperazine rings is 1. The molecule has 2 amide bonds. The molecule has 5 heteroatoms. The maximum Gasteiger partial charge on any atom is 0.242 e. The molecule has 1 saturated heterocycles. The minimum Gasteiger partial charge on any atom is -0.339 e. The molecule has 0 N–H and O–H groups in total. The Morgan fingerprint density at radius 3 is 2.43 bits per heavy atom. The van der Waals surface area contributed by atoms with Crippen LogP contribution in [0.2, 0.25) is 0 Å². The standard InChI is InChI=1S/C9H17N3O2/c1-10-3-5-12(6-4-10)9(14)7-11(2)8-13/h8H,3-7H2,1-2H3. The summed E-state index contributed by atoms with van der Waals surface area (Å²) in [5.41, 5.74) is 0. The van der Waals surface area contributed by atoms with Crippen molar-refractivity contribution in [2.75, 3.05) is 46.8 Å². The van der Waals surface area contributed by atoms with E-state index in [2.05, 4.69) is 4.90 Å². The van der Waals surface area contributed by atoms with Crippen LogP contribution < -0.4 is 0 Å². The first-order chi connectivity index (χ1) is 6.63. The van der Waals surface area contributed by atoms with Crippen molar-refractivity contribution in [3.05, 3.63) is 0 Å². The molecule has 0 radical (unpaired) electrons. The second kappa shape index (κ2) is 4.95. The summed E-state index contributed by atoms with van der Waals surface area (Å²) in [5, 5.41) is 0. The van der Waals surface area contributed by atoms with Crippen molar-refractivity contribution in [3.8, 4) is 0 Å². The van der Waals surface area contributed by atoms with Gasteiger partial charge in [-0.1, -0.05) is 0 Å². The first-order valence-electron chi connectivity index (χ1n) is 4.75. The van der Waals surface area contributed by atoms with Gasteiger partial charge in [0.05, 0.1) is 6.54 Å². The van der Waals surface area contributed by atoms with Crippen LogP contribution in [0, 0.1) is 0 Å². The van der Waals surface area contributed by atoms with Crippen LogP contribution in [0.15, 0.2) is 0 Å². The van der Waals surface area contributed by atoms with E-state index in [0.29, 0.717) is 6.41 Å². The maximum atomic E-state index is 11.6. The molecule has 0 bridgehead atoms. The Balaban J connectivity index is 2.34. The predicted octanol–water partition coefficient (Wildman–Crippen LogP) is -1.15. The first kappa shape index (κ1) is 11.0. The quantitative estimate of drug-likeness (QED) is 0.539. The summed E-state index contributed by atoms with van der Waals surface area (Å²) in [6.45, 7) is 3.55. The Hall–Kier alpha value is -1.10. The normalized spacial score (nSPS) is 18.0. The van der Waals surface area contributed by atoms with Gasteiger partial charge in [0.2, 0.25) is 12.3 Å². The minimum atomic E-state index is 0.0349. The number of likely N-dealkylation sites (N-methyl/N-ethyl adjacent to an activating group) is 2. The zero-order valence-electron chi connectivity index (χ0n) is 8.77. The molecule has 0 spiro atoms. The topological polar surface area (TPSA) is 43.9 Å². The molecule has 0 saturated carbocycles. The van der Waals surface area contributed by atoms with Crippen molar-refractivity contribution >= 4 is 12.3 Å². The van der Waals surface area contributed by atoms with Crippen LogP contribution in [0.1, 0.15) is 0 Å². The Morgan fingerprint density at radius 2 is 1.93 bits per heavy atom. The monoisotopic (exact) mass is 199 g/mol. The average Bonchev–Trinajstić information content (AvgIpc) is 2.18. The molecule has 0 aromatic heterocycles. The third-order valence-electron chi connectivity index (χ3n) is 2.42. The Morgan fingerprint density at radius 1 is 1.36 bits per heavy atom. The average molecular weight is 199 g/mol. The molecule has 80 valence electrons.